The molecule has 2 aromatic rings. The number of fused-ring (bicyclic) bond motifs is 1. The van der Waals surface area contributed by atoms with Gasteiger partial charge in [0.25, 0.3) is 0 Å². The zero-order valence-corrected chi connectivity index (χ0v) is 11.8. The molecule has 0 unspecified atom stereocenters. The van der Waals surface area contributed by atoms with Crippen molar-refractivity contribution >= 4 is 16.6 Å². The summed E-state index contributed by atoms with van der Waals surface area (Å²) in [5, 5.41) is 4.74. The average Bonchev–Trinajstić information content (AvgIpc) is 2.36. The molecule has 1 aromatic heterocycles. The summed E-state index contributed by atoms with van der Waals surface area (Å²) in [6.45, 7) is 9.52. The Labute approximate surface area is 109 Å². The molecule has 0 spiro atoms. The second-order valence-corrected chi connectivity index (χ2v) is 4.83. The minimum absolute atomic E-state index is 0.942. The fourth-order valence-electron chi connectivity index (χ4n) is 2.38. The normalized spacial score (nSPS) is 10.9. The molecule has 2 heteroatoms. The first-order valence-corrected chi connectivity index (χ1v) is 6.81. The molecule has 0 amide bonds. The Morgan fingerprint density at radius 2 is 1.94 bits per heavy atom. The number of hydrogen-bond acceptors (Lipinski definition) is 2. The molecule has 1 aromatic carbocycles. The molecular weight excluding hydrogens is 220 g/mol. The second kappa shape index (κ2) is 5.38. The van der Waals surface area contributed by atoms with Crippen LogP contribution in [-0.4, -0.2) is 11.5 Å². The van der Waals surface area contributed by atoms with Gasteiger partial charge in [-0.05, 0) is 50.5 Å². The number of aromatic nitrogens is 1. The lowest BCUT2D eigenvalue weighted by Crippen LogP contribution is -2.03. The number of benzene rings is 1. The van der Waals surface area contributed by atoms with Crippen LogP contribution in [0, 0.1) is 13.8 Å². The van der Waals surface area contributed by atoms with Crippen LogP contribution in [0.1, 0.15) is 37.1 Å². The van der Waals surface area contributed by atoms with E-state index in [0.717, 1.165) is 24.2 Å². The van der Waals surface area contributed by atoms with E-state index in [9.17, 15) is 0 Å². The van der Waals surface area contributed by atoms with Crippen LogP contribution in [0.3, 0.4) is 0 Å². The summed E-state index contributed by atoms with van der Waals surface area (Å²) in [5.41, 5.74) is 6.11. The van der Waals surface area contributed by atoms with E-state index in [0.29, 0.717) is 0 Å². The molecule has 1 N–H and O–H groups in total. The van der Waals surface area contributed by atoms with Crippen molar-refractivity contribution in [2.45, 2.75) is 40.5 Å². The highest BCUT2D eigenvalue weighted by atomic mass is 14.9. The minimum atomic E-state index is 0.942. The molecule has 2 nitrogen and oxygen atoms in total. The van der Waals surface area contributed by atoms with Crippen LogP contribution in [0.15, 0.2) is 18.2 Å². The Bertz CT molecular complexity index is 559. The summed E-state index contributed by atoms with van der Waals surface area (Å²) >= 11 is 0. The fourth-order valence-corrected chi connectivity index (χ4v) is 2.38. The van der Waals surface area contributed by atoms with Crippen LogP contribution in [0.2, 0.25) is 0 Å². The summed E-state index contributed by atoms with van der Waals surface area (Å²) in [7, 11) is 0. The van der Waals surface area contributed by atoms with Crippen LogP contribution in [0.25, 0.3) is 10.9 Å². The molecular formula is C16H22N2. The number of nitrogens with one attached hydrogen (secondary N) is 1. The number of pyridine rings is 1. The van der Waals surface area contributed by atoms with Crippen molar-refractivity contribution in [3.05, 3.63) is 35.0 Å². The van der Waals surface area contributed by atoms with Crippen molar-refractivity contribution in [3.8, 4) is 0 Å². The van der Waals surface area contributed by atoms with E-state index in [2.05, 4.69) is 56.2 Å². The monoisotopic (exact) mass is 242 g/mol. The Balaban J connectivity index is 2.65. The van der Waals surface area contributed by atoms with E-state index >= 15 is 0 Å². The SMILES string of the molecule is CCCc1ccc2nc(C)c(C)c(NCC)c2c1. The Morgan fingerprint density at radius 1 is 1.17 bits per heavy atom. The molecule has 0 saturated carbocycles. The third kappa shape index (κ3) is 2.33. The van der Waals surface area contributed by atoms with Crippen LogP contribution >= 0.6 is 0 Å². The van der Waals surface area contributed by atoms with Crippen molar-refractivity contribution < 1.29 is 0 Å². The van der Waals surface area contributed by atoms with E-state index in [1.807, 2.05) is 0 Å². The Hall–Kier alpha value is -1.57. The van der Waals surface area contributed by atoms with Gasteiger partial charge < -0.3 is 5.32 Å². The van der Waals surface area contributed by atoms with Crippen LogP contribution in [0.5, 0.6) is 0 Å². The Morgan fingerprint density at radius 3 is 2.61 bits per heavy atom. The maximum atomic E-state index is 4.68. The first-order valence-electron chi connectivity index (χ1n) is 6.81. The van der Waals surface area contributed by atoms with Gasteiger partial charge in [-0.3, -0.25) is 4.98 Å². The van der Waals surface area contributed by atoms with E-state index in [1.54, 1.807) is 0 Å². The molecule has 2 rings (SSSR count). The molecule has 0 radical (unpaired) electrons. The van der Waals surface area contributed by atoms with Gasteiger partial charge in [0.05, 0.1) is 5.52 Å². The number of aryl methyl sites for hydroxylation is 2. The first-order chi connectivity index (χ1) is 8.67. The lowest BCUT2D eigenvalue weighted by molar-refractivity contribution is 0.923. The zero-order chi connectivity index (χ0) is 13.1. The molecule has 0 bridgehead atoms. The number of anilines is 1. The van der Waals surface area contributed by atoms with E-state index in [-0.39, 0.29) is 0 Å². The van der Waals surface area contributed by atoms with Gasteiger partial charge in [0, 0.05) is 23.3 Å². The number of nitrogens with zero attached hydrogens (tertiary/aromatic N) is 1. The maximum absolute atomic E-state index is 4.68. The lowest BCUT2D eigenvalue weighted by Gasteiger charge is -2.14. The van der Waals surface area contributed by atoms with Gasteiger partial charge in [-0.15, -0.1) is 0 Å². The smallest absolute Gasteiger partial charge is 0.0726 e. The van der Waals surface area contributed by atoms with Gasteiger partial charge in [-0.25, -0.2) is 0 Å². The summed E-state index contributed by atoms with van der Waals surface area (Å²) < 4.78 is 0. The first kappa shape index (κ1) is 12.9. The highest BCUT2D eigenvalue weighted by molar-refractivity contribution is 5.93. The topological polar surface area (TPSA) is 24.9 Å². The quantitative estimate of drug-likeness (QED) is 0.867. The van der Waals surface area contributed by atoms with Crippen molar-refractivity contribution in [1.82, 2.24) is 4.98 Å². The highest BCUT2D eigenvalue weighted by Gasteiger charge is 2.09. The number of hydrogen-bond donors (Lipinski definition) is 1. The summed E-state index contributed by atoms with van der Waals surface area (Å²) in [6.07, 6.45) is 2.31. The van der Waals surface area contributed by atoms with Crippen LogP contribution < -0.4 is 5.32 Å². The minimum Gasteiger partial charge on any atom is -0.385 e. The molecule has 0 atom stereocenters. The molecule has 0 aliphatic rings. The third-order valence-corrected chi connectivity index (χ3v) is 3.43. The van der Waals surface area contributed by atoms with Gasteiger partial charge in [-0.2, -0.15) is 0 Å². The van der Waals surface area contributed by atoms with Crippen molar-refractivity contribution in [2.75, 3.05) is 11.9 Å². The summed E-state index contributed by atoms with van der Waals surface area (Å²) in [6, 6.07) is 6.63. The van der Waals surface area contributed by atoms with Crippen LogP contribution in [0.4, 0.5) is 5.69 Å². The zero-order valence-electron chi connectivity index (χ0n) is 11.8. The third-order valence-electron chi connectivity index (χ3n) is 3.43. The predicted octanol–water partition coefficient (Wildman–Crippen LogP) is 4.24. The van der Waals surface area contributed by atoms with E-state index in [1.165, 1.54) is 28.6 Å². The molecule has 0 saturated heterocycles. The summed E-state index contributed by atoms with van der Waals surface area (Å²) in [4.78, 5) is 4.68. The van der Waals surface area contributed by atoms with Crippen LogP contribution in [-0.2, 0) is 6.42 Å². The lowest BCUT2D eigenvalue weighted by atomic mass is 10.0. The standard InChI is InChI=1S/C16H22N2/c1-5-7-13-8-9-15-14(10-13)16(17-6-2)11(3)12(4)18-15/h8-10H,5-7H2,1-4H3,(H,17,18). The van der Waals surface area contributed by atoms with Gasteiger partial charge >= 0.3 is 0 Å². The van der Waals surface area contributed by atoms with Crippen molar-refractivity contribution in [2.24, 2.45) is 0 Å². The van der Waals surface area contributed by atoms with E-state index < -0.39 is 0 Å². The van der Waals surface area contributed by atoms with E-state index in [4.69, 9.17) is 0 Å². The van der Waals surface area contributed by atoms with Gasteiger partial charge in [0.2, 0.25) is 0 Å². The predicted molar refractivity (Wildman–Crippen MR) is 79.4 cm³/mol. The highest BCUT2D eigenvalue weighted by Crippen LogP contribution is 2.28. The average molecular weight is 242 g/mol. The molecule has 96 valence electrons. The van der Waals surface area contributed by atoms with Gasteiger partial charge in [0.1, 0.15) is 0 Å². The largest absolute Gasteiger partial charge is 0.385 e. The maximum Gasteiger partial charge on any atom is 0.0726 e. The summed E-state index contributed by atoms with van der Waals surface area (Å²) in [5.74, 6) is 0. The fraction of sp³-hybridized carbons (Fsp3) is 0.438. The van der Waals surface area contributed by atoms with Crippen molar-refractivity contribution in [1.29, 1.82) is 0 Å². The molecule has 0 aliphatic heterocycles. The second-order valence-electron chi connectivity index (χ2n) is 4.83. The number of rotatable bonds is 4. The molecule has 18 heavy (non-hydrogen) atoms. The van der Waals surface area contributed by atoms with Gasteiger partial charge in [-0.1, -0.05) is 19.4 Å². The Kier molecular flexibility index (Phi) is 3.85. The van der Waals surface area contributed by atoms with Crippen molar-refractivity contribution in [3.63, 3.8) is 0 Å². The molecule has 0 fully saturated rings. The molecule has 0 aliphatic carbocycles. The van der Waals surface area contributed by atoms with Gasteiger partial charge in [0.15, 0.2) is 0 Å². The molecule has 1 heterocycles.